The Labute approximate surface area is 122 Å². The van der Waals surface area contributed by atoms with Gasteiger partial charge in [-0.25, -0.2) is 0 Å². The summed E-state index contributed by atoms with van der Waals surface area (Å²) in [6.45, 7) is 1.81. The molecule has 1 aromatic carbocycles. The molecule has 2 rings (SSSR count). The van der Waals surface area contributed by atoms with Crippen LogP contribution in [0.15, 0.2) is 18.2 Å². The molecule has 1 N–H and O–H groups in total. The third-order valence-corrected chi connectivity index (χ3v) is 4.43. The van der Waals surface area contributed by atoms with Gasteiger partial charge in [0.15, 0.2) is 0 Å². The van der Waals surface area contributed by atoms with Crippen molar-refractivity contribution >= 4 is 5.69 Å². The number of benzene rings is 1. The van der Waals surface area contributed by atoms with Crippen LogP contribution in [0.1, 0.15) is 57.1 Å². The molecule has 0 aliphatic heterocycles. The second-order valence-electron chi connectivity index (χ2n) is 5.83. The summed E-state index contributed by atoms with van der Waals surface area (Å²) in [6, 6.07) is 6.59. The van der Waals surface area contributed by atoms with Gasteiger partial charge < -0.3 is 14.7 Å². The first-order valence-corrected chi connectivity index (χ1v) is 7.73. The van der Waals surface area contributed by atoms with Gasteiger partial charge in [-0.1, -0.05) is 31.7 Å². The predicted molar refractivity (Wildman–Crippen MR) is 83.5 cm³/mol. The van der Waals surface area contributed by atoms with Crippen molar-refractivity contribution in [3.05, 3.63) is 23.8 Å². The molecule has 1 atom stereocenters. The molecule has 0 bridgehead atoms. The smallest absolute Gasteiger partial charge is 0.126 e. The second kappa shape index (κ2) is 6.98. The van der Waals surface area contributed by atoms with E-state index >= 15 is 0 Å². The summed E-state index contributed by atoms with van der Waals surface area (Å²) in [5, 5.41) is 10.1. The van der Waals surface area contributed by atoms with Gasteiger partial charge in [-0.15, -0.1) is 0 Å². The number of hydrogen-bond acceptors (Lipinski definition) is 3. The number of rotatable bonds is 4. The van der Waals surface area contributed by atoms with Gasteiger partial charge in [0.05, 0.1) is 13.2 Å². The van der Waals surface area contributed by atoms with E-state index in [-0.39, 0.29) is 0 Å². The number of nitrogens with zero attached hydrogens (tertiary/aromatic N) is 1. The van der Waals surface area contributed by atoms with Crippen molar-refractivity contribution in [3.63, 3.8) is 0 Å². The molecule has 0 heterocycles. The summed E-state index contributed by atoms with van der Waals surface area (Å²) < 4.78 is 5.42. The number of ether oxygens (including phenoxy) is 1. The maximum absolute atomic E-state index is 10.1. The molecule has 20 heavy (non-hydrogen) atoms. The van der Waals surface area contributed by atoms with Crippen LogP contribution >= 0.6 is 0 Å². The van der Waals surface area contributed by atoms with Crippen molar-refractivity contribution < 1.29 is 9.84 Å². The SMILES string of the molecule is COc1cccc(N(C)C2CCCCCC2)c1C(C)O. The number of aliphatic hydroxyl groups is 1. The highest BCUT2D eigenvalue weighted by atomic mass is 16.5. The highest BCUT2D eigenvalue weighted by Gasteiger charge is 2.22. The molecular formula is C17H27NO2. The van der Waals surface area contributed by atoms with Crippen LogP contribution in [-0.2, 0) is 0 Å². The fourth-order valence-corrected chi connectivity index (χ4v) is 3.28. The van der Waals surface area contributed by atoms with Crippen molar-refractivity contribution in [2.75, 3.05) is 19.1 Å². The van der Waals surface area contributed by atoms with E-state index in [2.05, 4.69) is 18.0 Å². The summed E-state index contributed by atoms with van der Waals surface area (Å²) >= 11 is 0. The summed E-state index contributed by atoms with van der Waals surface area (Å²) in [5.74, 6) is 0.776. The fraction of sp³-hybridized carbons (Fsp3) is 0.647. The molecule has 1 aliphatic carbocycles. The molecular weight excluding hydrogens is 250 g/mol. The fourth-order valence-electron chi connectivity index (χ4n) is 3.28. The molecule has 1 aromatic rings. The minimum atomic E-state index is -0.519. The third-order valence-electron chi connectivity index (χ3n) is 4.43. The number of aliphatic hydroxyl groups excluding tert-OH is 1. The summed E-state index contributed by atoms with van der Waals surface area (Å²) in [7, 11) is 3.81. The molecule has 1 aliphatic rings. The van der Waals surface area contributed by atoms with Gasteiger partial charge in [-0.3, -0.25) is 0 Å². The molecule has 3 heteroatoms. The standard InChI is InChI=1S/C17H27NO2/c1-13(19)17-15(11-8-12-16(17)20-3)18(2)14-9-6-4-5-7-10-14/h8,11-14,19H,4-7,9-10H2,1-3H3. The zero-order valence-electron chi connectivity index (χ0n) is 12.9. The van der Waals surface area contributed by atoms with E-state index in [1.807, 2.05) is 19.1 Å². The molecule has 0 saturated heterocycles. The monoisotopic (exact) mass is 277 g/mol. The lowest BCUT2D eigenvalue weighted by atomic mass is 10.0. The maximum Gasteiger partial charge on any atom is 0.126 e. The average Bonchev–Trinajstić information content (AvgIpc) is 2.74. The highest BCUT2D eigenvalue weighted by Crippen LogP contribution is 2.36. The lowest BCUT2D eigenvalue weighted by Gasteiger charge is -2.32. The van der Waals surface area contributed by atoms with Crippen LogP contribution in [0.5, 0.6) is 5.75 Å². The van der Waals surface area contributed by atoms with Gasteiger partial charge in [0.25, 0.3) is 0 Å². The Balaban J connectivity index is 2.30. The van der Waals surface area contributed by atoms with E-state index in [1.165, 1.54) is 38.5 Å². The molecule has 1 fully saturated rings. The van der Waals surface area contributed by atoms with E-state index < -0.39 is 6.10 Å². The summed E-state index contributed by atoms with van der Waals surface area (Å²) in [6.07, 6.45) is 7.29. The van der Waals surface area contributed by atoms with Gasteiger partial charge in [0, 0.05) is 24.3 Å². The Hall–Kier alpha value is -1.22. The van der Waals surface area contributed by atoms with E-state index in [0.717, 1.165) is 17.0 Å². The van der Waals surface area contributed by atoms with Crippen LogP contribution in [0.4, 0.5) is 5.69 Å². The van der Waals surface area contributed by atoms with Gasteiger partial charge in [0.2, 0.25) is 0 Å². The number of anilines is 1. The predicted octanol–water partition coefficient (Wildman–Crippen LogP) is 3.91. The van der Waals surface area contributed by atoms with Crippen LogP contribution in [0, 0.1) is 0 Å². The Morgan fingerprint density at radius 2 is 1.85 bits per heavy atom. The van der Waals surface area contributed by atoms with E-state index in [0.29, 0.717) is 6.04 Å². The molecule has 3 nitrogen and oxygen atoms in total. The first kappa shape index (κ1) is 15.2. The van der Waals surface area contributed by atoms with Crippen molar-refractivity contribution in [1.82, 2.24) is 0 Å². The molecule has 0 radical (unpaired) electrons. The average molecular weight is 277 g/mol. The minimum Gasteiger partial charge on any atom is -0.496 e. The number of hydrogen-bond donors (Lipinski definition) is 1. The lowest BCUT2D eigenvalue weighted by molar-refractivity contribution is 0.194. The zero-order valence-corrected chi connectivity index (χ0v) is 12.9. The molecule has 1 unspecified atom stereocenters. The van der Waals surface area contributed by atoms with Gasteiger partial charge in [-0.05, 0) is 31.9 Å². The maximum atomic E-state index is 10.1. The number of methoxy groups -OCH3 is 1. The van der Waals surface area contributed by atoms with Crippen LogP contribution in [-0.4, -0.2) is 25.3 Å². The third kappa shape index (κ3) is 3.26. The quantitative estimate of drug-likeness (QED) is 0.847. The van der Waals surface area contributed by atoms with Crippen LogP contribution < -0.4 is 9.64 Å². The Morgan fingerprint density at radius 1 is 1.20 bits per heavy atom. The van der Waals surface area contributed by atoms with Gasteiger partial charge in [0.1, 0.15) is 5.75 Å². The summed E-state index contributed by atoms with van der Waals surface area (Å²) in [5.41, 5.74) is 2.01. The topological polar surface area (TPSA) is 32.7 Å². The van der Waals surface area contributed by atoms with Gasteiger partial charge in [-0.2, -0.15) is 0 Å². The van der Waals surface area contributed by atoms with Gasteiger partial charge >= 0.3 is 0 Å². The first-order chi connectivity index (χ1) is 9.65. The van der Waals surface area contributed by atoms with Crippen molar-refractivity contribution in [2.24, 2.45) is 0 Å². The minimum absolute atomic E-state index is 0.519. The first-order valence-electron chi connectivity index (χ1n) is 7.73. The molecule has 0 aromatic heterocycles. The van der Waals surface area contributed by atoms with E-state index in [4.69, 9.17) is 4.74 Å². The molecule has 0 amide bonds. The van der Waals surface area contributed by atoms with Crippen molar-refractivity contribution in [2.45, 2.75) is 57.6 Å². The Morgan fingerprint density at radius 3 is 2.40 bits per heavy atom. The van der Waals surface area contributed by atoms with E-state index in [9.17, 15) is 5.11 Å². The van der Waals surface area contributed by atoms with E-state index in [1.54, 1.807) is 7.11 Å². The zero-order chi connectivity index (χ0) is 14.5. The Kier molecular flexibility index (Phi) is 5.30. The molecule has 1 saturated carbocycles. The van der Waals surface area contributed by atoms with Crippen molar-refractivity contribution in [3.8, 4) is 5.75 Å². The largest absolute Gasteiger partial charge is 0.496 e. The second-order valence-corrected chi connectivity index (χ2v) is 5.83. The summed E-state index contributed by atoms with van der Waals surface area (Å²) in [4.78, 5) is 2.34. The van der Waals surface area contributed by atoms with Crippen LogP contribution in [0.2, 0.25) is 0 Å². The molecule has 112 valence electrons. The van der Waals surface area contributed by atoms with Crippen LogP contribution in [0.25, 0.3) is 0 Å². The lowest BCUT2D eigenvalue weighted by Crippen LogP contribution is -2.32. The van der Waals surface area contributed by atoms with Crippen LogP contribution in [0.3, 0.4) is 0 Å². The highest BCUT2D eigenvalue weighted by molar-refractivity contribution is 5.60. The Bertz CT molecular complexity index is 423. The normalized spacial score (nSPS) is 18.4. The molecule has 0 spiro atoms. The van der Waals surface area contributed by atoms with Crippen molar-refractivity contribution in [1.29, 1.82) is 0 Å².